The number of piperazine rings is 2. The standard InChI is InChI=1S/C34H49N11O4S/c1-22-20-45(10-8-37-22)32(46)25-18-38-33(39-19-25)44-13-11-43(12-14-44)9-7-15-49-28-17-27-26(16-29(28)50(47,48)34(4,5)6)31(41-21-40-27)42-30(36)23(2)24(3)35/h16-19,21-22,37H,7-15,20,35H2,1-6H3,(H2,36,40,41,42)/t22-/m1/s1. The van der Waals surface area contributed by atoms with Crippen LogP contribution in [0.2, 0.25) is 0 Å². The number of nitrogens with one attached hydrogen (secondary N) is 1. The van der Waals surface area contributed by atoms with Crippen LogP contribution >= 0.6 is 0 Å². The van der Waals surface area contributed by atoms with Crippen LogP contribution < -0.4 is 26.4 Å². The maximum Gasteiger partial charge on any atom is 0.257 e. The van der Waals surface area contributed by atoms with Gasteiger partial charge < -0.3 is 31.3 Å². The Balaban J connectivity index is 1.21. The summed E-state index contributed by atoms with van der Waals surface area (Å²) in [5, 5.41) is 3.78. The molecule has 5 rings (SSSR count). The molecule has 2 saturated heterocycles. The van der Waals surface area contributed by atoms with Crippen LogP contribution in [0.25, 0.3) is 10.9 Å². The fraction of sp³-hybridized carbons (Fsp3) is 0.529. The molecule has 0 bridgehead atoms. The maximum absolute atomic E-state index is 13.8. The monoisotopic (exact) mass is 707 g/mol. The van der Waals surface area contributed by atoms with Crippen molar-refractivity contribution >= 4 is 44.2 Å². The van der Waals surface area contributed by atoms with Crippen molar-refractivity contribution < 1.29 is 17.9 Å². The number of hydrogen-bond donors (Lipinski definition) is 3. The molecule has 0 aliphatic carbocycles. The Hall–Kier alpha value is -4.41. The minimum atomic E-state index is -3.82. The summed E-state index contributed by atoms with van der Waals surface area (Å²) >= 11 is 0. The number of fused-ring (bicyclic) bond motifs is 1. The van der Waals surface area contributed by atoms with E-state index in [1.807, 2.05) is 4.90 Å². The average molecular weight is 708 g/mol. The Morgan fingerprint density at radius 1 is 1.04 bits per heavy atom. The van der Waals surface area contributed by atoms with Crippen molar-refractivity contribution in [1.82, 2.24) is 35.1 Å². The minimum absolute atomic E-state index is 0.0396. The second-order valence-electron chi connectivity index (χ2n) is 13.8. The number of amides is 1. The quantitative estimate of drug-likeness (QED) is 0.158. The molecule has 5 N–H and O–H groups in total. The van der Waals surface area contributed by atoms with E-state index in [4.69, 9.17) is 16.2 Å². The highest BCUT2D eigenvalue weighted by Gasteiger charge is 2.34. The van der Waals surface area contributed by atoms with E-state index in [1.54, 1.807) is 53.1 Å². The zero-order chi connectivity index (χ0) is 36.2. The Kier molecular flexibility index (Phi) is 11.2. The van der Waals surface area contributed by atoms with Gasteiger partial charge >= 0.3 is 0 Å². The molecule has 1 aromatic carbocycles. The molecule has 1 amide bonds. The van der Waals surface area contributed by atoms with Crippen LogP contribution in [-0.2, 0) is 9.84 Å². The molecule has 3 aromatic rings. The molecule has 15 nitrogen and oxygen atoms in total. The third-order valence-corrected chi connectivity index (χ3v) is 11.6. The Labute approximate surface area is 294 Å². The van der Waals surface area contributed by atoms with E-state index in [1.165, 1.54) is 12.4 Å². The van der Waals surface area contributed by atoms with Gasteiger partial charge in [0.1, 0.15) is 22.8 Å². The fourth-order valence-corrected chi connectivity index (χ4v) is 7.04. The molecule has 50 heavy (non-hydrogen) atoms. The van der Waals surface area contributed by atoms with Crippen LogP contribution in [0.5, 0.6) is 5.75 Å². The number of carbonyl (C=O) groups excluding carboxylic acids is 1. The first kappa shape index (κ1) is 36.9. The molecular formula is C34H49N11O4S. The minimum Gasteiger partial charge on any atom is -0.492 e. The molecule has 0 spiro atoms. The van der Waals surface area contributed by atoms with E-state index in [0.717, 1.165) is 39.3 Å². The summed E-state index contributed by atoms with van der Waals surface area (Å²) in [6.07, 6.45) is 5.29. The number of aliphatic imine (C=N–C) groups is 1. The SMILES string of the molecule is CC(N)=C(C)C(N)=Nc1ncnc2cc(OCCCN3CCN(c4ncc(C(=O)N5CCN[C@H](C)C5)cn4)CC3)c(S(=O)(=O)C(C)(C)C)cc12. The summed E-state index contributed by atoms with van der Waals surface area (Å²) in [6.45, 7) is 16.8. The lowest BCUT2D eigenvalue weighted by atomic mass is 10.2. The third kappa shape index (κ3) is 8.30. The topological polar surface area (TPSA) is 198 Å². The first-order valence-electron chi connectivity index (χ1n) is 16.9. The summed E-state index contributed by atoms with van der Waals surface area (Å²) in [4.78, 5) is 41.3. The fourth-order valence-electron chi connectivity index (χ4n) is 5.73. The lowest BCUT2D eigenvalue weighted by Gasteiger charge is -2.34. The first-order valence-corrected chi connectivity index (χ1v) is 18.4. The number of allylic oxidation sites excluding steroid dienone is 1. The van der Waals surface area contributed by atoms with E-state index >= 15 is 0 Å². The van der Waals surface area contributed by atoms with Crippen molar-refractivity contribution in [3.63, 3.8) is 0 Å². The molecule has 270 valence electrons. The van der Waals surface area contributed by atoms with Crippen LogP contribution in [0.3, 0.4) is 0 Å². The van der Waals surface area contributed by atoms with Gasteiger partial charge in [0.2, 0.25) is 5.95 Å². The zero-order valence-electron chi connectivity index (χ0n) is 29.8. The molecule has 2 aromatic heterocycles. The number of amidine groups is 1. The van der Waals surface area contributed by atoms with Crippen molar-refractivity contribution in [1.29, 1.82) is 0 Å². The molecule has 2 aliphatic heterocycles. The van der Waals surface area contributed by atoms with Gasteiger partial charge in [0.25, 0.3) is 5.91 Å². The van der Waals surface area contributed by atoms with Crippen molar-refractivity contribution in [2.24, 2.45) is 16.5 Å². The van der Waals surface area contributed by atoms with Gasteiger partial charge in [-0.1, -0.05) is 0 Å². The molecule has 2 fully saturated rings. The first-order chi connectivity index (χ1) is 23.7. The molecule has 0 saturated carbocycles. The lowest BCUT2D eigenvalue weighted by Crippen LogP contribution is -2.51. The largest absolute Gasteiger partial charge is 0.492 e. The number of aromatic nitrogens is 4. The number of hydrogen-bond acceptors (Lipinski definition) is 13. The van der Waals surface area contributed by atoms with E-state index < -0.39 is 14.6 Å². The Morgan fingerprint density at radius 3 is 2.38 bits per heavy atom. The number of sulfone groups is 1. The predicted octanol–water partition coefficient (Wildman–Crippen LogP) is 2.26. The maximum atomic E-state index is 13.8. The highest BCUT2D eigenvalue weighted by molar-refractivity contribution is 7.92. The number of rotatable bonds is 10. The normalized spacial score (nSPS) is 18.7. The average Bonchev–Trinajstić information content (AvgIpc) is 3.09. The van der Waals surface area contributed by atoms with Crippen molar-refractivity contribution in [2.75, 3.05) is 63.9 Å². The van der Waals surface area contributed by atoms with Gasteiger partial charge in [0.15, 0.2) is 15.7 Å². The molecule has 16 heteroatoms. The van der Waals surface area contributed by atoms with E-state index in [2.05, 4.69) is 47.0 Å². The summed E-state index contributed by atoms with van der Waals surface area (Å²) in [7, 11) is -3.82. The van der Waals surface area contributed by atoms with Crippen molar-refractivity contribution in [3.05, 3.63) is 47.7 Å². The van der Waals surface area contributed by atoms with Gasteiger partial charge in [0, 0.05) is 93.5 Å². The van der Waals surface area contributed by atoms with Crippen LogP contribution in [0, 0.1) is 0 Å². The Morgan fingerprint density at radius 2 is 1.74 bits per heavy atom. The van der Waals surface area contributed by atoms with Crippen molar-refractivity contribution in [2.45, 2.75) is 63.6 Å². The summed E-state index contributed by atoms with van der Waals surface area (Å²) in [6, 6.07) is 3.42. The van der Waals surface area contributed by atoms with Crippen LogP contribution in [-0.4, -0.2) is 120 Å². The highest BCUT2D eigenvalue weighted by Crippen LogP contribution is 2.37. The molecule has 1 atom stereocenters. The summed E-state index contributed by atoms with van der Waals surface area (Å²) < 4.78 is 32.6. The van der Waals surface area contributed by atoms with Gasteiger partial charge in [-0.2, -0.15) is 0 Å². The summed E-state index contributed by atoms with van der Waals surface area (Å²) in [5.74, 6) is 1.23. The number of ether oxygens (including phenoxy) is 1. The van der Waals surface area contributed by atoms with Gasteiger partial charge in [-0.05, 0) is 54.0 Å². The lowest BCUT2D eigenvalue weighted by molar-refractivity contribution is 0.0708. The molecular weight excluding hydrogens is 659 g/mol. The van der Waals surface area contributed by atoms with Crippen molar-refractivity contribution in [3.8, 4) is 5.75 Å². The van der Waals surface area contributed by atoms with Gasteiger partial charge in [-0.3, -0.25) is 9.69 Å². The zero-order valence-corrected chi connectivity index (χ0v) is 30.6. The van der Waals surface area contributed by atoms with E-state index in [-0.39, 0.29) is 34.2 Å². The molecule has 0 radical (unpaired) electrons. The van der Waals surface area contributed by atoms with Gasteiger partial charge in [-0.15, -0.1) is 0 Å². The van der Waals surface area contributed by atoms with Crippen LogP contribution in [0.4, 0.5) is 11.8 Å². The second-order valence-corrected chi connectivity index (χ2v) is 16.5. The number of anilines is 1. The second kappa shape index (κ2) is 15.2. The third-order valence-electron chi connectivity index (χ3n) is 9.05. The van der Waals surface area contributed by atoms with E-state index in [9.17, 15) is 13.2 Å². The number of carbonyl (C=O) groups is 1. The number of nitrogens with zero attached hydrogens (tertiary/aromatic N) is 8. The number of nitrogens with two attached hydrogens (primary N) is 2. The smallest absolute Gasteiger partial charge is 0.257 e. The molecule has 0 unspecified atom stereocenters. The molecule has 4 heterocycles. The van der Waals surface area contributed by atoms with Gasteiger partial charge in [-0.25, -0.2) is 33.3 Å². The Bertz CT molecular complexity index is 1860. The van der Waals surface area contributed by atoms with Crippen LogP contribution in [0.1, 0.15) is 58.3 Å². The summed E-state index contributed by atoms with van der Waals surface area (Å²) in [5.41, 5.74) is 14.2. The highest BCUT2D eigenvalue weighted by atomic mass is 32.2. The molecule has 2 aliphatic rings. The van der Waals surface area contributed by atoms with E-state index in [0.29, 0.717) is 59.8 Å². The predicted molar refractivity (Wildman–Crippen MR) is 194 cm³/mol. The van der Waals surface area contributed by atoms with Crippen LogP contribution in [0.15, 0.2) is 52.0 Å². The van der Waals surface area contributed by atoms with Gasteiger partial charge in [0.05, 0.1) is 22.4 Å². The number of benzene rings is 1.